The fourth-order valence-electron chi connectivity index (χ4n) is 8.43. The van der Waals surface area contributed by atoms with E-state index >= 15 is 0 Å². The van der Waals surface area contributed by atoms with Crippen LogP contribution in [0.2, 0.25) is 0 Å². The van der Waals surface area contributed by atoms with Gasteiger partial charge in [-0.2, -0.15) is 9.97 Å². The molecule has 2 aliphatic heterocycles. The molecule has 6 aromatic rings. The van der Waals surface area contributed by atoms with Gasteiger partial charge in [0.2, 0.25) is 23.8 Å². The molecular formula is C42H46F6N12O4. The summed E-state index contributed by atoms with van der Waals surface area (Å²) >= 11 is 0. The number of imidazole rings is 2. The smallest absolute Gasteiger partial charge is 0.224 e. The highest BCUT2D eigenvalue weighted by molar-refractivity contribution is 5.78. The largest absolute Gasteiger partial charge is 0.393 e. The third kappa shape index (κ3) is 9.49. The lowest BCUT2D eigenvalue weighted by atomic mass is 9.93. The SMILES string of the molecule is [2H]c1c(F)c([2H])c(F)c(Nc2nc3cnc(NC4CCC(O)CC4)nc3n2[C@H]2CCOC2)c1F.[2H]c1nc(NC2CCC(O)CC2)nc2c1nc(Nc1c(F)cc(F)cc1F)n2[C@H]1CCOC1. The Hall–Kier alpha value is -5.84. The van der Waals surface area contributed by atoms with Crippen molar-refractivity contribution < 1.29 is 50.1 Å². The molecule has 6 N–H and O–H groups in total. The topological polar surface area (TPSA) is 194 Å². The van der Waals surface area contributed by atoms with Crippen LogP contribution in [0.4, 0.5) is 61.5 Å². The Labute approximate surface area is 366 Å². The van der Waals surface area contributed by atoms with Gasteiger partial charge in [-0.25, -0.2) is 46.3 Å². The lowest BCUT2D eigenvalue weighted by molar-refractivity contribution is 0.125. The maximum atomic E-state index is 14.6. The van der Waals surface area contributed by atoms with Gasteiger partial charge in [0.05, 0.1) is 54.0 Å². The predicted molar refractivity (Wildman–Crippen MR) is 223 cm³/mol. The van der Waals surface area contributed by atoms with E-state index in [4.69, 9.17) is 13.6 Å². The first-order valence-corrected chi connectivity index (χ1v) is 21.1. The van der Waals surface area contributed by atoms with Gasteiger partial charge in [0.1, 0.15) is 34.0 Å². The minimum Gasteiger partial charge on any atom is -0.393 e. The zero-order valence-corrected chi connectivity index (χ0v) is 34.2. The molecule has 2 saturated carbocycles. The number of benzene rings is 2. The van der Waals surface area contributed by atoms with E-state index in [2.05, 4.69) is 51.2 Å². The van der Waals surface area contributed by atoms with Crippen molar-refractivity contribution in [1.82, 2.24) is 39.0 Å². The first kappa shape index (κ1) is 39.7. The van der Waals surface area contributed by atoms with Crippen LogP contribution >= 0.6 is 0 Å². The summed E-state index contributed by atoms with van der Waals surface area (Å²) in [7, 11) is 0. The number of aliphatic hydroxyl groups excluding tert-OH is 2. The Morgan fingerprint density at radius 1 is 0.578 bits per heavy atom. The van der Waals surface area contributed by atoms with E-state index < -0.39 is 58.4 Å². The fraction of sp³-hybridized carbons (Fsp3) is 0.476. The number of aliphatic hydroxyl groups is 2. The summed E-state index contributed by atoms with van der Waals surface area (Å²) in [4.78, 5) is 26.4. The second-order valence-corrected chi connectivity index (χ2v) is 16.2. The van der Waals surface area contributed by atoms with Crippen molar-refractivity contribution in [3.63, 3.8) is 0 Å². The molecule has 4 fully saturated rings. The molecule has 0 spiro atoms. The van der Waals surface area contributed by atoms with Gasteiger partial charge < -0.3 is 41.0 Å². The van der Waals surface area contributed by atoms with E-state index in [1.54, 1.807) is 9.13 Å². The van der Waals surface area contributed by atoms with E-state index in [0.29, 0.717) is 99.8 Å². The fourth-order valence-corrected chi connectivity index (χ4v) is 8.43. The number of halogens is 6. The average molecular weight is 900 g/mol. The molecule has 10 rings (SSSR count). The number of ether oxygens (including phenoxy) is 2. The standard InChI is InChI=1S/2C21H23F3N6O2/c2*22-11-7-15(23)18(16(24)8-11)28-21-27-17-9-25-20(26-12-1-3-14(31)4-2-12)29-19(17)30(21)13-5-6-32-10-13/h2*7-9,12-14,31H,1-6,10H2,(H,27,28)(H,25,26,29)/t2*12?,13-,14?/m00/s1/i7D,8D;9D. The van der Waals surface area contributed by atoms with E-state index in [0.717, 1.165) is 25.7 Å². The normalized spacial score (nSPS) is 24.2. The van der Waals surface area contributed by atoms with Crippen molar-refractivity contribution in [3.8, 4) is 0 Å². The highest BCUT2D eigenvalue weighted by Crippen LogP contribution is 2.35. The number of hydrogen-bond donors (Lipinski definition) is 6. The molecule has 0 bridgehead atoms. The zero-order valence-electron chi connectivity index (χ0n) is 37.2. The second-order valence-electron chi connectivity index (χ2n) is 16.2. The van der Waals surface area contributed by atoms with Gasteiger partial charge in [0, 0.05) is 49.5 Å². The minimum absolute atomic E-state index is 0.0148. The van der Waals surface area contributed by atoms with Crippen LogP contribution in [0, 0.1) is 34.9 Å². The molecule has 4 aliphatic rings. The summed E-state index contributed by atoms with van der Waals surface area (Å²) in [6.45, 7) is 1.65. The van der Waals surface area contributed by atoms with Crippen LogP contribution in [0.25, 0.3) is 22.3 Å². The Morgan fingerprint density at radius 2 is 1.05 bits per heavy atom. The molecule has 2 saturated heterocycles. The molecule has 2 aromatic carbocycles. The summed E-state index contributed by atoms with van der Waals surface area (Å²) in [5.74, 6) is -7.04. The molecule has 0 amide bonds. The molecule has 2 atom stereocenters. The van der Waals surface area contributed by atoms with Crippen molar-refractivity contribution in [3.05, 3.63) is 71.5 Å². The Balaban J connectivity index is 0.000000168. The van der Waals surface area contributed by atoms with Crippen LogP contribution < -0.4 is 21.3 Å². The molecule has 16 nitrogen and oxygen atoms in total. The summed E-state index contributed by atoms with van der Waals surface area (Å²) in [6.07, 6.45) is 7.77. The summed E-state index contributed by atoms with van der Waals surface area (Å²) in [5, 5.41) is 31.1. The molecule has 4 aromatic heterocycles. The third-order valence-corrected chi connectivity index (χ3v) is 11.8. The monoisotopic (exact) mass is 899 g/mol. The van der Waals surface area contributed by atoms with Crippen molar-refractivity contribution in [2.24, 2.45) is 0 Å². The molecule has 2 aliphatic carbocycles. The first-order chi connectivity index (χ1) is 32.2. The van der Waals surface area contributed by atoms with Crippen LogP contribution in [-0.2, 0) is 9.47 Å². The number of hydrogen-bond acceptors (Lipinski definition) is 14. The Kier molecular flexibility index (Phi) is 11.6. The number of nitrogens with one attached hydrogen (secondary N) is 4. The van der Waals surface area contributed by atoms with Crippen LogP contribution in [0.1, 0.15) is 80.4 Å². The van der Waals surface area contributed by atoms with Gasteiger partial charge in [0.15, 0.2) is 34.6 Å². The molecule has 0 unspecified atom stereocenters. The number of anilines is 6. The van der Waals surface area contributed by atoms with E-state index in [1.165, 1.54) is 6.20 Å². The summed E-state index contributed by atoms with van der Waals surface area (Å²) < 4.78 is 122. The van der Waals surface area contributed by atoms with Crippen molar-refractivity contribution >= 4 is 57.5 Å². The lowest BCUT2D eigenvalue weighted by Crippen LogP contribution is -2.29. The molecule has 64 heavy (non-hydrogen) atoms. The number of aromatic nitrogens is 8. The van der Waals surface area contributed by atoms with E-state index in [-0.39, 0.29) is 65.9 Å². The molecule has 340 valence electrons. The molecule has 6 heterocycles. The van der Waals surface area contributed by atoms with Crippen LogP contribution in [-0.4, -0.2) is 100.0 Å². The molecule has 22 heteroatoms. The van der Waals surface area contributed by atoms with Gasteiger partial charge >= 0.3 is 0 Å². The highest BCUT2D eigenvalue weighted by Gasteiger charge is 2.29. The van der Waals surface area contributed by atoms with Gasteiger partial charge in [-0.3, -0.25) is 9.13 Å². The average Bonchev–Trinajstić information content (AvgIpc) is 4.14. The first-order valence-electron chi connectivity index (χ1n) is 22.6. The minimum atomic E-state index is -1.57. The van der Waals surface area contributed by atoms with Crippen LogP contribution in [0.3, 0.4) is 0 Å². The lowest BCUT2D eigenvalue weighted by Gasteiger charge is -2.26. The van der Waals surface area contributed by atoms with Crippen LogP contribution in [0.15, 0.2) is 36.6 Å². The predicted octanol–water partition coefficient (Wildman–Crippen LogP) is 7.33. The van der Waals surface area contributed by atoms with Gasteiger partial charge in [-0.1, -0.05) is 0 Å². The van der Waals surface area contributed by atoms with Crippen molar-refractivity contribution in [2.75, 3.05) is 47.7 Å². The van der Waals surface area contributed by atoms with Gasteiger partial charge in [-0.15, -0.1) is 0 Å². The number of fused-ring (bicyclic) bond motifs is 2. The Bertz CT molecular complexity index is 2730. The van der Waals surface area contributed by atoms with Crippen LogP contribution in [0.5, 0.6) is 0 Å². The number of rotatable bonds is 10. The Morgan fingerprint density at radius 3 is 1.55 bits per heavy atom. The molecule has 0 radical (unpaired) electrons. The summed E-state index contributed by atoms with van der Waals surface area (Å²) in [5.41, 5.74) is -0.124. The zero-order chi connectivity index (χ0) is 47.1. The van der Waals surface area contributed by atoms with Crippen molar-refractivity contribution in [1.29, 1.82) is 0 Å². The van der Waals surface area contributed by atoms with Gasteiger partial charge in [-0.05, 0) is 64.2 Å². The van der Waals surface area contributed by atoms with E-state index in [1.807, 2.05) is 0 Å². The number of nitrogens with zero attached hydrogens (tertiary/aromatic N) is 8. The third-order valence-electron chi connectivity index (χ3n) is 11.8. The van der Waals surface area contributed by atoms with Crippen molar-refractivity contribution in [2.45, 2.75) is 101 Å². The maximum absolute atomic E-state index is 14.6. The van der Waals surface area contributed by atoms with E-state index in [9.17, 15) is 36.6 Å². The molecular weight excluding hydrogens is 851 g/mol. The maximum Gasteiger partial charge on any atom is 0.224 e. The quantitative estimate of drug-likeness (QED) is 0.0749. The highest BCUT2D eigenvalue weighted by atomic mass is 19.2. The van der Waals surface area contributed by atoms with Gasteiger partial charge in [0.25, 0.3) is 0 Å². The second kappa shape index (κ2) is 18.7. The summed E-state index contributed by atoms with van der Waals surface area (Å²) in [6, 6.07) is -1.54.